The van der Waals surface area contributed by atoms with Crippen LogP contribution in [-0.2, 0) is 14.3 Å². The smallest absolute Gasteiger partial charge is 0.332 e. The summed E-state index contributed by atoms with van der Waals surface area (Å²) in [4.78, 5) is 33.7. The highest BCUT2D eigenvalue weighted by Crippen LogP contribution is 2.21. The van der Waals surface area contributed by atoms with Crippen LogP contribution in [0.3, 0.4) is 0 Å². The maximum absolute atomic E-state index is 11.9. The molecule has 0 spiro atoms. The van der Waals surface area contributed by atoms with Gasteiger partial charge in [-0.15, -0.1) is 0 Å². The number of primary amides is 1. The molecule has 1 aliphatic rings. The lowest BCUT2D eigenvalue weighted by molar-refractivity contribution is -0.150. The molecule has 1 aromatic carbocycles. The molecule has 0 unspecified atom stereocenters. The Balaban J connectivity index is 2.00. The van der Waals surface area contributed by atoms with E-state index >= 15 is 0 Å². The highest BCUT2D eigenvalue weighted by atomic mass is 16.5. The van der Waals surface area contributed by atoms with Crippen LogP contribution in [0.15, 0.2) is 24.3 Å². The van der Waals surface area contributed by atoms with E-state index in [0.29, 0.717) is 18.5 Å². The van der Waals surface area contributed by atoms with Crippen LogP contribution in [0.1, 0.15) is 23.2 Å². The van der Waals surface area contributed by atoms with Crippen LogP contribution in [0.2, 0.25) is 0 Å². The lowest BCUT2D eigenvalue weighted by atomic mass is 10.1. The second kappa shape index (κ2) is 5.70. The third kappa shape index (κ3) is 3.12. The van der Waals surface area contributed by atoms with Gasteiger partial charge in [0.15, 0.2) is 6.10 Å². The van der Waals surface area contributed by atoms with Crippen LogP contribution >= 0.6 is 0 Å². The Hall–Kier alpha value is -2.41. The number of nitrogens with two attached hydrogens (primary N) is 1. The van der Waals surface area contributed by atoms with E-state index in [1.807, 2.05) is 0 Å². The summed E-state index contributed by atoms with van der Waals surface area (Å²) in [6, 6.07) is 6.17. The van der Waals surface area contributed by atoms with Crippen molar-refractivity contribution in [2.24, 2.45) is 5.73 Å². The fourth-order valence-corrected chi connectivity index (χ4v) is 1.98. The SMILES string of the molecule is NC(=O)c1cccc(NC(=O)[C@@H]2CC[C@H](C(=O)O)O2)c1. The number of aliphatic carboxylic acids is 1. The van der Waals surface area contributed by atoms with E-state index in [-0.39, 0.29) is 5.56 Å². The van der Waals surface area contributed by atoms with Crippen LogP contribution in [-0.4, -0.2) is 35.1 Å². The zero-order chi connectivity index (χ0) is 14.7. The molecule has 1 aromatic rings. The minimum Gasteiger partial charge on any atom is -0.479 e. The Bertz CT molecular complexity index is 557. The predicted octanol–water partition coefficient (Wildman–Crippen LogP) is 0.356. The van der Waals surface area contributed by atoms with Gasteiger partial charge < -0.3 is 20.9 Å². The Morgan fingerprint density at radius 3 is 2.55 bits per heavy atom. The quantitative estimate of drug-likeness (QED) is 0.734. The molecular formula is C13H14N2O5. The number of nitrogens with one attached hydrogen (secondary N) is 1. The number of ether oxygens (including phenoxy) is 1. The van der Waals surface area contributed by atoms with Gasteiger partial charge in [-0.25, -0.2) is 4.79 Å². The second-order valence-corrected chi connectivity index (χ2v) is 4.46. The maximum atomic E-state index is 11.9. The molecule has 4 N–H and O–H groups in total. The standard InChI is InChI=1S/C13H14N2O5/c14-11(16)7-2-1-3-8(6-7)15-12(17)9-4-5-10(20-9)13(18)19/h1-3,6,9-10H,4-5H2,(H2,14,16)(H,15,17)(H,18,19)/t9-,10+/m0/s1. The van der Waals surface area contributed by atoms with Gasteiger partial charge in [0.05, 0.1) is 0 Å². The average Bonchev–Trinajstić information content (AvgIpc) is 2.88. The van der Waals surface area contributed by atoms with E-state index in [1.165, 1.54) is 12.1 Å². The Labute approximate surface area is 114 Å². The summed E-state index contributed by atoms with van der Waals surface area (Å²) in [5, 5.41) is 11.4. The molecule has 0 aromatic heterocycles. The number of hydrogen-bond acceptors (Lipinski definition) is 4. The average molecular weight is 278 g/mol. The number of hydrogen-bond donors (Lipinski definition) is 3. The van der Waals surface area contributed by atoms with E-state index in [2.05, 4.69) is 5.32 Å². The Morgan fingerprint density at radius 1 is 1.25 bits per heavy atom. The molecule has 106 valence electrons. The highest BCUT2D eigenvalue weighted by Gasteiger charge is 2.34. The lowest BCUT2D eigenvalue weighted by Gasteiger charge is -2.12. The Morgan fingerprint density at radius 2 is 1.95 bits per heavy atom. The van der Waals surface area contributed by atoms with Gasteiger partial charge in [-0.3, -0.25) is 9.59 Å². The minimum atomic E-state index is -1.07. The molecule has 0 saturated carbocycles. The molecule has 7 nitrogen and oxygen atoms in total. The second-order valence-electron chi connectivity index (χ2n) is 4.46. The van der Waals surface area contributed by atoms with Crippen molar-refractivity contribution in [2.45, 2.75) is 25.0 Å². The molecule has 20 heavy (non-hydrogen) atoms. The molecular weight excluding hydrogens is 264 g/mol. The van der Waals surface area contributed by atoms with E-state index in [0.717, 1.165) is 0 Å². The summed E-state index contributed by atoms with van der Waals surface area (Å²) in [7, 11) is 0. The van der Waals surface area contributed by atoms with Crippen molar-refractivity contribution in [3.63, 3.8) is 0 Å². The summed E-state index contributed by atoms with van der Waals surface area (Å²) in [6.45, 7) is 0. The molecule has 0 aliphatic carbocycles. The Kier molecular flexibility index (Phi) is 3.99. The predicted molar refractivity (Wildman–Crippen MR) is 69.1 cm³/mol. The largest absolute Gasteiger partial charge is 0.479 e. The van der Waals surface area contributed by atoms with Crippen molar-refractivity contribution in [3.8, 4) is 0 Å². The van der Waals surface area contributed by atoms with Gasteiger partial charge in [-0.2, -0.15) is 0 Å². The number of anilines is 1. The molecule has 1 saturated heterocycles. The highest BCUT2D eigenvalue weighted by molar-refractivity contribution is 5.97. The maximum Gasteiger partial charge on any atom is 0.332 e. The molecule has 1 heterocycles. The lowest BCUT2D eigenvalue weighted by Crippen LogP contribution is -2.30. The molecule has 2 amide bonds. The molecule has 7 heteroatoms. The molecule has 0 bridgehead atoms. The van der Waals surface area contributed by atoms with E-state index in [9.17, 15) is 14.4 Å². The van der Waals surface area contributed by atoms with Crippen LogP contribution in [0, 0.1) is 0 Å². The minimum absolute atomic E-state index is 0.276. The first-order valence-corrected chi connectivity index (χ1v) is 6.06. The van der Waals surface area contributed by atoms with Crippen molar-refractivity contribution in [1.29, 1.82) is 0 Å². The van der Waals surface area contributed by atoms with Crippen LogP contribution < -0.4 is 11.1 Å². The van der Waals surface area contributed by atoms with Gasteiger partial charge in [0.2, 0.25) is 5.91 Å². The van der Waals surface area contributed by atoms with Crippen molar-refractivity contribution in [2.75, 3.05) is 5.32 Å². The zero-order valence-electron chi connectivity index (χ0n) is 10.5. The van der Waals surface area contributed by atoms with Gasteiger partial charge in [-0.1, -0.05) is 6.07 Å². The third-order valence-electron chi connectivity index (χ3n) is 3.00. The summed E-state index contributed by atoms with van der Waals surface area (Å²) < 4.78 is 5.13. The summed E-state index contributed by atoms with van der Waals surface area (Å²) in [6.07, 6.45) is -1.09. The van der Waals surface area contributed by atoms with Crippen LogP contribution in [0.4, 0.5) is 5.69 Å². The number of rotatable bonds is 4. The number of amides is 2. The van der Waals surface area contributed by atoms with Crippen molar-refractivity contribution >= 4 is 23.5 Å². The molecule has 2 atom stereocenters. The van der Waals surface area contributed by atoms with Crippen molar-refractivity contribution < 1.29 is 24.2 Å². The monoisotopic (exact) mass is 278 g/mol. The number of carbonyl (C=O) groups is 3. The van der Waals surface area contributed by atoms with Gasteiger partial charge in [0.25, 0.3) is 5.91 Å². The summed E-state index contributed by atoms with van der Waals surface area (Å²) in [5.74, 6) is -2.10. The van der Waals surface area contributed by atoms with Crippen LogP contribution in [0.25, 0.3) is 0 Å². The van der Waals surface area contributed by atoms with Crippen molar-refractivity contribution in [1.82, 2.24) is 0 Å². The van der Waals surface area contributed by atoms with Crippen molar-refractivity contribution in [3.05, 3.63) is 29.8 Å². The molecule has 1 aliphatic heterocycles. The van der Waals surface area contributed by atoms with Gasteiger partial charge in [-0.05, 0) is 31.0 Å². The third-order valence-corrected chi connectivity index (χ3v) is 3.00. The molecule has 1 fully saturated rings. The van der Waals surface area contributed by atoms with Gasteiger partial charge in [0.1, 0.15) is 6.10 Å². The number of benzene rings is 1. The fourth-order valence-electron chi connectivity index (χ4n) is 1.98. The normalized spacial score (nSPS) is 21.4. The number of carboxylic acids is 1. The van der Waals surface area contributed by atoms with Crippen LogP contribution in [0.5, 0.6) is 0 Å². The fraction of sp³-hybridized carbons (Fsp3) is 0.308. The molecule has 2 rings (SSSR count). The van der Waals surface area contributed by atoms with Gasteiger partial charge >= 0.3 is 5.97 Å². The van der Waals surface area contributed by atoms with E-state index in [4.69, 9.17) is 15.6 Å². The molecule has 0 radical (unpaired) electrons. The topological polar surface area (TPSA) is 119 Å². The first-order valence-electron chi connectivity index (χ1n) is 6.06. The summed E-state index contributed by atoms with van der Waals surface area (Å²) in [5.41, 5.74) is 5.83. The van der Waals surface area contributed by atoms with Gasteiger partial charge in [0, 0.05) is 11.3 Å². The zero-order valence-corrected chi connectivity index (χ0v) is 10.5. The van der Waals surface area contributed by atoms with E-state index < -0.39 is 30.0 Å². The first kappa shape index (κ1) is 14.0. The number of carboxylic acid groups (broad SMARTS) is 1. The number of carbonyl (C=O) groups excluding carboxylic acids is 2. The van der Waals surface area contributed by atoms with E-state index in [1.54, 1.807) is 12.1 Å². The summed E-state index contributed by atoms with van der Waals surface area (Å²) >= 11 is 0. The first-order chi connectivity index (χ1) is 9.47.